The third-order valence-corrected chi connectivity index (χ3v) is 5.04. The first-order valence-corrected chi connectivity index (χ1v) is 8.22. The van der Waals surface area contributed by atoms with Gasteiger partial charge in [-0.05, 0) is 37.8 Å². The summed E-state index contributed by atoms with van der Waals surface area (Å²) >= 11 is 7.52. The van der Waals surface area contributed by atoms with E-state index < -0.39 is 0 Å². The van der Waals surface area contributed by atoms with E-state index >= 15 is 0 Å². The van der Waals surface area contributed by atoms with Crippen molar-refractivity contribution >= 4 is 22.9 Å². The van der Waals surface area contributed by atoms with Gasteiger partial charge >= 0.3 is 0 Å². The molecule has 102 valence electrons. The fourth-order valence-electron chi connectivity index (χ4n) is 2.48. The van der Waals surface area contributed by atoms with E-state index in [1.165, 1.54) is 37.4 Å². The number of nitrogens with zero attached hydrogens (tertiary/aromatic N) is 2. The van der Waals surface area contributed by atoms with Gasteiger partial charge in [-0.25, -0.2) is 4.98 Å². The highest BCUT2D eigenvalue weighted by Gasteiger charge is 2.22. The molecular formula is C14H23ClN2S. The first-order valence-electron chi connectivity index (χ1n) is 6.81. The molecule has 1 saturated heterocycles. The van der Waals surface area contributed by atoms with Gasteiger partial charge < -0.3 is 4.90 Å². The molecule has 1 aromatic rings. The molecule has 18 heavy (non-hydrogen) atoms. The van der Waals surface area contributed by atoms with Crippen LogP contribution in [-0.4, -0.2) is 29.5 Å². The molecule has 0 amide bonds. The monoisotopic (exact) mass is 286 g/mol. The standard InChI is InChI=1S/C14H23ClN2S/c1-14(2)5-3-7-17(9-6-14)8-4-13-16-12(10-15)11-18-13/h11H,3-10H2,1-2H3. The molecule has 0 unspecified atom stereocenters. The van der Waals surface area contributed by atoms with Gasteiger partial charge in [0.15, 0.2) is 0 Å². The normalized spacial score (nSPS) is 20.8. The fraction of sp³-hybridized carbons (Fsp3) is 0.786. The predicted octanol–water partition coefficient (Wildman–Crippen LogP) is 3.94. The van der Waals surface area contributed by atoms with Gasteiger partial charge in [0.25, 0.3) is 0 Å². The SMILES string of the molecule is CC1(C)CCCN(CCc2nc(CCl)cs2)CC1. The minimum Gasteiger partial charge on any atom is -0.303 e. The second-order valence-electron chi connectivity index (χ2n) is 5.98. The van der Waals surface area contributed by atoms with Crippen molar-refractivity contribution in [1.29, 1.82) is 0 Å². The average Bonchev–Trinajstić information content (AvgIpc) is 2.72. The molecule has 1 fully saturated rings. The van der Waals surface area contributed by atoms with Gasteiger partial charge in [0.1, 0.15) is 0 Å². The van der Waals surface area contributed by atoms with Crippen LogP contribution in [0.4, 0.5) is 0 Å². The molecule has 0 aromatic carbocycles. The molecule has 1 aliphatic heterocycles. The lowest BCUT2D eigenvalue weighted by Crippen LogP contribution is -2.27. The minimum absolute atomic E-state index is 0.529. The molecule has 0 atom stereocenters. The Labute approximate surface area is 119 Å². The number of halogens is 1. The Morgan fingerprint density at radius 1 is 1.39 bits per heavy atom. The van der Waals surface area contributed by atoms with E-state index in [2.05, 4.69) is 29.1 Å². The van der Waals surface area contributed by atoms with Crippen LogP contribution in [0.15, 0.2) is 5.38 Å². The van der Waals surface area contributed by atoms with E-state index in [4.69, 9.17) is 11.6 Å². The van der Waals surface area contributed by atoms with Crippen LogP contribution in [0.1, 0.15) is 43.8 Å². The summed E-state index contributed by atoms with van der Waals surface area (Å²) < 4.78 is 0. The van der Waals surface area contributed by atoms with Gasteiger partial charge in [0, 0.05) is 18.3 Å². The average molecular weight is 287 g/mol. The molecule has 1 aromatic heterocycles. The zero-order chi connectivity index (χ0) is 13.0. The van der Waals surface area contributed by atoms with Crippen LogP contribution in [-0.2, 0) is 12.3 Å². The van der Waals surface area contributed by atoms with Crippen LogP contribution in [0.3, 0.4) is 0 Å². The summed E-state index contributed by atoms with van der Waals surface area (Å²) in [5, 5.41) is 3.31. The lowest BCUT2D eigenvalue weighted by Gasteiger charge is -2.23. The highest BCUT2D eigenvalue weighted by molar-refractivity contribution is 7.09. The van der Waals surface area contributed by atoms with Crippen LogP contribution in [0, 0.1) is 5.41 Å². The van der Waals surface area contributed by atoms with Crippen molar-refractivity contribution in [3.05, 3.63) is 16.1 Å². The van der Waals surface area contributed by atoms with E-state index in [0.29, 0.717) is 11.3 Å². The Hall–Kier alpha value is -0.120. The molecule has 0 aliphatic carbocycles. The second kappa shape index (κ2) is 6.36. The number of likely N-dealkylation sites (tertiary alicyclic amines) is 1. The van der Waals surface area contributed by atoms with Crippen molar-refractivity contribution in [2.75, 3.05) is 19.6 Å². The van der Waals surface area contributed by atoms with Crippen molar-refractivity contribution in [2.45, 2.75) is 45.4 Å². The summed E-state index contributed by atoms with van der Waals surface area (Å²) in [5.41, 5.74) is 1.55. The van der Waals surface area contributed by atoms with Crippen molar-refractivity contribution < 1.29 is 0 Å². The van der Waals surface area contributed by atoms with Crippen LogP contribution >= 0.6 is 22.9 Å². The molecule has 2 heterocycles. The smallest absolute Gasteiger partial charge is 0.0941 e. The fourth-order valence-corrected chi connectivity index (χ4v) is 3.50. The van der Waals surface area contributed by atoms with E-state index in [1.807, 2.05) is 0 Å². The molecule has 0 spiro atoms. The summed E-state index contributed by atoms with van der Waals surface area (Å²) in [6, 6.07) is 0. The van der Waals surface area contributed by atoms with Gasteiger partial charge in [0.2, 0.25) is 0 Å². The van der Waals surface area contributed by atoms with Gasteiger partial charge in [-0.1, -0.05) is 13.8 Å². The van der Waals surface area contributed by atoms with Crippen molar-refractivity contribution in [2.24, 2.45) is 5.41 Å². The molecule has 4 heteroatoms. The highest BCUT2D eigenvalue weighted by Crippen LogP contribution is 2.29. The first-order chi connectivity index (χ1) is 8.59. The lowest BCUT2D eigenvalue weighted by molar-refractivity contribution is 0.265. The van der Waals surface area contributed by atoms with E-state index in [-0.39, 0.29) is 0 Å². The van der Waals surface area contributed by atoms with E-state index in [0.717, 1.165) is 18.7 Å². The summed E-state index contributed by atoms with van der Waals surface area (Å²) in [5.74, 6) is 0.536. The quantitative estimate of drug-likeness (QED) is 0.780. The Bertz CT molecular complexity index is 376. The minimum atomic E-state index is 0.529. The second-order valence-corrected chi connectivity index (χ2v) is 7.19. The lowest BCUT2D eigenvalue weighted by atomic mass is 9.85. The third-order valence-electron chi connectivity index (χ3n) is 3.81. The number of aromatic nitrogens is 1. The zero-order valence-electron chi connectivity index (χ0n) is 11.4. The Balaban J connectivity index is 1.79. The maximum Gasteiger partial charge on any atom is 0.0941 e. The third kappa shape index (κ3) is 4.22. The van der Waals surface area contributed by atoms with Crippen molar-refractivity contribution in [3.63, 3.8) is 0 Å². The van der Waals surface area contributed by atoms with E-state index in [9.17, 15) is 0 Å². The van der Waals surface area contributed by atoms with Crippen LogP contribution in [0.25, 0.3) is 0 Å². The molecule has 1 aliphatic rings. The van der Waals surface area contributed by atoms with Crippen molar-refractivity contribution in [1.82, 2.24) is 9.88 Å². The summed E-state index contributed by atoms with van der Waals surface area (Å²) in [7, 11) is 0. The van der Waals surface area contributed by atoms with Gasteiger partial charge in [-0.2, -0.15) is 0 Å². The largest absolute Gasteiger partial charge is 0.303 e. The number of rotatable bonds is 4. The maximum absolute atomic E-state index is 5.78. The zero-order valence-corrected chi connectivity index (χ0v) is 13.0. The Kier molecular flexibility index (Phi) is 5.05. The van der Waals surface area contributed by atoms with Crippen LogP contribution in [0.2, 0.25) is 0 Å². The summed E-state index contributed by atoms with van der Waals surface area (Å²) in [6.45, 7) is 8.41. The van der Waals surface area contributed by atoms with E-state index in [1.54, 1.807) is 11.3 Å². The maximum atomic E-state index is 5.78. The molecule has 0 radical (unpaired) electrons. The number of hydrogen-bond donors (Lipinski definition) is 0. The number of hydrogen-bond acceptors (Lipinski definition) is 3. The Morgan fingerprint density at radius 3 is 2.94 bits per heavy atom. The first kappa shape index (κ1) is 14.3. The van der Waals surface area contributed by atoms with Gasteiger partial charge in [-0.15, -0.1) is 22.9 Å². The summed E-state index contributed by atoms with van der Waals surface area (Å²) in [4.78, 5) is 7.12. The Morgan fingerprint density at radius 2 is 2.22 bits per heavy atom. The van der Waals surface area contributed by atoms with Crippen LogP contribution in [0.5, 0.6) is 0 Å². The molecule has 0 saturated carbocycles. The number of alkyl halides is 1. The summed E-state index contributed by atoms with van der Waals surface area (Å²) in [6.07, 6.45) is 5.08. The molecule has 2 rings (SSSR count). The topological polar surface area (TPSA) is 16.1 Å². The molecule has 2 nitrogen and oxygen atoms in total. The molecular weight excluding hydrogens is 264 g/mol. The molecule has 0 bridgehead atoms. The van der Waals surface area contributed by atoms with Crippen molar-refractivity contribution in [3.8, 4) is 0 Å². The molecule has 0 N–H and O–H groups in total. The highest BCUT2D eigenvalue weighted by atomic mass is 35.5. The number of thiazole rings is 1. The predicted molar refractivity (Wildman–Crippen MR) is 79.4 cm³/mol. The van der Waals surface area contributed by atoms with Gasteiger partial charge in [0.05, 0.1) is 16.6 Å². The van der Waals surface area contributed by atoms with Gasteiger partial charge in [-0.3, -0.25) is 0 Å². The van der Waals surface area contributed by atoms with Crippen LogP contribution < -0.4 is 0 Å².